The maximum absolute atomic E-state index is 13.5. The molecule has 3 rings (SSSR count). The van der Waals surface area contributed by atoms with Gasteiger partial charge in [0.2, 0.25) is 0 Å². The Morgan fingerprint density at radius 2 is 0.852 bits per heavy atom. The molecule has 27 heavy (non-hydrogen) atoms. The van der Waals surface area contributed by atoms with Crippen LogP contribution >= 0.6 is 7.82 Å². The van der Waals surface area contributed by atoms with Crippen LogP contribution in [0.5, 0.6) is 17.2 Å². The summed E-state index contributed by atoms with van der Waals surface area (Å²) < 4.78 is 30.8. The third kappa shape index (κ3) is 5.40. The largest absolute Gasteiger partial charge is 1.00 e. The Balaban J connectivity index is 0.00000196. The van der Waals surface area contributed by atoms with Gasteiger partial charge < -0.3 is 13.6 Å². The molecule has 0 aromatic heterocycles. The highest BCUT2D eigenvalue weighted by Crippen LogP contribution is 2.51. The number of para-hydroxylation sites is 3. The second-order valence-electron chi connectivity index (χ2n) is 6.02. The summed E-state index contributed by atoms with van der Waals surface area (Å²) in [6.07, 6.45) is 0. The molecule has 0 aliphatic carbocycles. The SMILES string of the molecule is Cc1ccccc1OP(=O)(Oc1ccccc1C)Oc1ccccc1C.[AlH3].[H+]. The minimum atomic E-state index is -3.97. The van der Waals surface area contributed by atoms with Gasteiger partial charge in [0.15, 0.2) is 17.4 Å². The number of phosphoric ester groups is 1. The van der Waals surface area contributed by atoms with Crippen LogP contribution in [0.3, 0.4) is 0 Å². The third-order valence-electron chi connectivity index (χ3n) is 3.91. The van der Waals surface area contributed by atoms with E-state index < -0.39 is 7.82 Å². The van der Waals surface area contributed by atoms with E-state index in [2.05, 4.69) is 0 Å². The molecule has 6 heteroatoms. The summed E-state index contributed by atoms with van der Waals surface area (Å²) in [4.78, 5) is 0. The molecule has 140 valence electrons. The summed E-state index contributed by atoms with van der Waals surface area (Å²) in [6.45, 7) is 5.63. The van der Waals surface area contributed by atoms with E-state index in [1.165, 1.54) is 0 Å². The normalized spacial score (nSPS) is 10.6. The molecule has 0 radical (unpaired) electrons. The van der Waals surface area contributed by atoms with Crippen LogP contribution in [0.15, 0.2) is 72.8 Å². The molecule has 0 saturated heterocycles. The van der Waals surface area contributed by atoms with Crippen molar-refractivity contribution in [1.82, 2.24) is 0 Å². The van der Waals surface area contributed by atoms with Gasteiger partial charge in [0, 0.05) is 0 Å². The van der Waals surface area contributed by atoms with Gasteiger partial charge in [-0.15, -0.1) is 0 Å². The van der Waals surface area contributed by atoms with Crippen LogP contribution in [0.1, 0.15) is 18.1 Å². The quantitative estimate of drug-likeness (QED) is 0.423. The van der Waals surface area contributed by atoms with Crippen molar-refractivity contribution in [2.24, 2.45) is 0 Å². The second-order valence-corrected chi connectivity index (χ2v) is 7.46. The first-order valence-corrected chi connectivity index (χ1v) is 9.79. The number of hydrogen-bond donors (Lipinski definition) is 0. The van der Waals surface area contributed by atoms with Crippen molar-refractivity contribution in [1.29, 1.82) is 0 Å². The van der Waals surface area contributed by atoms with Crippen LogP contribution in [-0.4, -0.2) is 17.4 Å². The molecule has 3 aromatic rings. The zero-order valence-corrected chi connectivity index (χ0v) is 15.9. The fraction of sp³-hybridized carbons (Fsp3) is 0.143. The van der Waals surface area contributed by atoms with Crippen molar-refractivity contribution < 1.29 is 19.6 Å². The summed E-state index contributed by atoms with van der Waals surface area (Å²) >= 11 is 0. The topological polar surface area (TPSA) is 44.8 Å². The van der Waals surface area contributed by atoms with Gasteiger partial charge in [0.1, 0.15) is 17.2 Å². The van der Waals surface area contributed by atoms with Crippen molar-refractivity contribution in [2.75, 3.05) is 0 Å². The first kappa shape index (κ1) is 21.1. The number of benzene rings is 3. The van der Waals surface area contributed by atoms with Crippen LogP contribution < -0.4 is 13.6 Å². The Morgan fingerprint density at radius 3 is 1.11 bits per heavy atom. The molecular weight excluding hydrogens is 374 g/mol. The van der Waals surface area contributed by atoms with E-state index in [9.17, 15) is 4.57 Å². The summed E-state index contributed by atoms with van der Waals surface area (Å²) in [5.41, 5.74) is 2.53. The molecule has 4 nitrogen and oxygen atoms in total. The zero-order valence-electron chi connectivity index (χ0n) is 16.0. The molecule has 0 fully saturated rings. The molecule has 0 heterocycles. The second kappa shape index (κ2) is 9.15. The predicted octanol–water partition coefficient (Wildman–Crippen LogP) is 5.19. The van der Waals surface area contributed by atoms with Gasteiger partial charge in [-0.05, 0) is 55.7 Å². The molecule has 0 atom stereocenters. The molecule has 3 aromatic carbocycles. The van der Waals surface area contributed by atoms with Crippen LogP contribution in [0.2, 0.25) is 0 Å². The van der Waals surface area contributed by atoms with E-state index in [1.54, 1.807) is 18.2 Å². The van der Waals surface area contributed by atoms with Gasteiger partial charge in [0.05, 0.1) is 0 Å². The fourth-order valence-corrected chi connectivity index (χ4v) is 3.84. The van der Waals surface area contributed by atoms with Gasteiger partial charge in [-0.25, -0.2) is 0 Å². The molecule has 0 amide bonds. The van der Waals surface area contributed by atoms with Gasteiger partial charge in [0.25, 0.3) is 0 Å². The van der Waals surface area contributed by atoms with Crippen LogP contribution in [0.25, 0.3) is 0 Å². The monoisotopic (exact) mass is 399 g/mol. The first-order chi connectivity index (χ1) is 12.5. The summed E-state index contributed by atoms with van der Waals surface area (Å²) in [5, 5.41) is 0. The van der Waals surface area contributed by atoms with E-state index >= 15 is 0 Å². The summed E-state index contributed by atoms with van der Waals surface area (Å²) in [7, 11) is -3.97. The molecule has 0 bridgehead atoms. The Labute approximate surface area is 172 Å². The first-order valence-electron chi connectivity index (χ1n) is 8.32. The van der Waals surface area contributed by atoms with E-state index in [-0.39, 0.29) is 18.8 Å². The summed E-state index contributed by atoms with van der Waals surface area (Å²) in [5.74, 6) is 1.37. The minimum absolute atomic E-state index is 0. The van der Waals surface area contributed by atoms with Crippen LogP contribution in [0, 0.1) is 20.8 Å². The molecule has 0 aliphatic rings. The maximum Gasteiger partial charge on any atom is 1.00 e. The van der Waals surface area contributed by atoms with Gasteiger partial charge in [-0.3, -0.25) is 0 Å². The molecule has 0 N–H and O–H groups in total. The number of phosphoric acid groups is 1. The predicted molar refractivity (Wildman–Crippen MR) is 114 cm³/mol. The number of aryl methyl sites for hydroxylation is 3. The average molecular weight is 399 g/mol. The maximum atomic E-state index is 13.5. The summed E-state index contributed by atoms with van der Waals surface area (Å²) in [6, 6.07) is 22.0. The minimum Gasteiger partial charge on any atom is -0.386 e. The van der Waals surface area contributed by atoms with E-state index in [0.29, 0.717) is 17.2 Å². The van der Waals surface area contributed by atoms with Crippen molar-refractivity contribution in [3.63, 3.8) is 0 Å². The van der Waals surface area contributed by atoms with E-state index in [0.717, 1.165) is 16.7 Å². The zero-order chi connectivity index (χ0) is 18.6. The highest BCUT2D eigenvalue weighted by atomic mass is 31.2. The van der Waals surface area contributed by atoms with Crippen LogP contribution in [-0.2, 0) is 4.57 Å². The molecule has 0 aliphatic heterocycles. The third-order valence-corrected chi connectivity index (χ3v) is 5.17. The number of hydrogen-bond acceptors (Lipinski definition) is 4. The van der Waals surface area contributed by atoms with E-state index in [4.69, 9.17) is 13.6 Å². The Kier molecular flexibility index (Phi) is 7.16. The lowest BCUT2D eigenvalue weighted by Crippen LogP contribution is -2.09. The lowest BCUT2D eigenvalue weighted by molar-refractivity contribution is 0.296. The molecular formula is C21H25AlO4P+. The van der Waals surface area contributed by atoms with Crippen molar-refractivity contribution in [2.45, 2.75) is 20.8 Å². The number of rotatable bonds is 6. The van der Waals surface area contributed by atoms with Gasteiger partial charge in [-0.1, -0.05) is 54.6 Å². The molecule has 0 saturated carbocycles. The smallest absolute Gasteiger partial charge is 0.386 e. The standard InChI is InChI=1S/C21H21O4P.Al.3H/c1-16-10-4-7-13-19(16)23-26(22,24-20-14-8-5-11-17(20)2)25-21-15-9-6-12-18(21)3;;;;/h4-15H,1-3H3;;;;/p+1. The van der Waals surface area contributed by atoms with Gasteiger partial charge >= 0.3 is 9.25 Å². The van der Waals surface area contributed by atoms with Crippen molar-refractivity contribution in [3.8, 4) is 17.2 Å². The Morgan fingerprint density at radius 1 is 0.593 bits per heavy atom. The van der Waals surface area contributed by atoms with Crippen LogP contribution in [0.4, 0.5) is 0 Å². The van der Waals surface area contributed by atoms with E-state index in [1.807, 2.05) is 75.4 Å². The lowest BCUT2D eigenvalue weighted by Gasteiger charge is -2.21. The lowest BCUT2D eigenvalue weighted by atomic mass is 10.2. The van der Waals surface area contributed by atoms with Crippen molar-refractivity contribution in [3.05, 3.63) is 89.5 Å². The Hall–Kier alpha value is -2.18. The highest BCUT2D eigenvalue weighted by molar-refractivity contribution is 7.49. The average Bonchev–Trinajstić information content (AvgIpc) is 2.61. The Bertz CT molecular complexity index is 842. The fourth-order valence-electron chi connectivity index (χ4n) is 2.39. The highest BCUT2D eigenvalue weighted by Gasteiger charge is 2.34. The molecule has 0 spiro atoms. The van der Waals surface area contributed by atoms with Crippen molar-refractivity contribution >= 4 is 25.2 Å². The molecule has 0 unspecified atom stereocenters. The van der Waals surface area contributed by atoms with Gasteiger partial charge in [-0.2, -0.15) is 4.57 Å².